The maximum atomic E-state index is 12.6. The van der Waals surface area contributed by atoms with Crippen LogP contribution in [0.25, 0.3) is 0 Å². The number of hydrogen-bond acceptors (Lipinski definition) is 5. The molecule has 0 N–H and O–H groups in total. The molecule has 2 fully saturated rings. The van der Waals surface area contributed by atoms with Crippen molar-refractivity contribution in [3.63, 3.8) is 0 Å². The van der Waals surface area contributed by atoms with Crippen molar-refractivity contribution in [3.05, 3.63) is 53.6 Å². The molecule has 0 radical (unpaired) electrons. The molecule has 0 aliphatic carbocycles. The first kappa shape index (κ1) is 22.6. The zero-order valence-corrected chi connectivity index (χ0v) is 19.6. The second-order valence-corrected chi connectivity index (χ2v) is 10.4. The van der Waals surface area contributed by atoms with Crippen LogP contribution in [0.4, 0.5) is 5.69 Å². The van der Waals surface area contributed by atoms with Gasteiger partial charge in [-0.05, 0) is 68.1 Å². The number of anilines is 1. The van der Waals surface area contributed by atoms with Crippen LogP contribution in [0.5, 0.6) is 5.75 Å². The van der Waals surface area contributed by atoms with E-state index in [4.69, 9.17) is 4.74 Å². The van der Waals surface area contributed by atoms with E-state index >= 15 is 0 Å². The number of hydrogen-bond donors (Lipinski definition) is 0. The maximum absolute atomic E-state index is 12.6. The van der Waals surface area contributed by atoms with E-state index in [1.165, 1.54) is 21.1 Å². The van der Waals surface area contributed by atoms with Crippen molar-refractivity contribution in [2.24, 2.45) is 0 Å². The lowest BCUT2D eigenvalue weighted by atomic mass is 10.1. The second-order valence-electron chi connectivity index (χ2n) is 8.46. The summed E-state index contributed by atoms with van der Waals surface area (Å²) in [4.78, 5) is 17.0. The molecule has 0 spiro atoms. The Morgan fingerprint density at radius 3 is 2.22 bits per heavy atom. The number of carbonyl (C=O) groups is 1. The van der Waals surface area contributed by atoms with Crippen molar-refractivity contribution in [2.75, 3.05) is 50.8 Å². The highest BCUT2D eigenvalue weighted by Gasteiger charge is 2.27. The van der Waals surface area contributed by atoms with Gasteiger partial charge in [-0.15, -0.1) is 0 Å². The summed E-state index contributed by atoms with van der Waals surface area (Å²) in [6.45, 7) is 8.24. The predicted octanol–water partition coefficient (Wildman–Crippen LogP) is 2.82. The van der Waals surface area contributed by atoms with Crippen molar-refractivity contribution in [1.82, 2.24) is 9.21 Å². The Bertz CT molecular complexity index is 1060. The lowest BCUT2D eigenvalue weighted by Crippen LogP contribution is -2.50. The molecule has 2 aliphatic rings. The molecule has 0 saturated carbocycles. The van der Waals surface area contributed by atoms with Gasteiger partial charge in [0.25, 0.3) is 5.91 Å². The number of piperazine rings is 1. The van der Waals surface area contributed by atoms with E-state index in [0.717, 1.165) is 25.9 Å². The Morgan fingerprint density at radius 2 is 1.56 bits per heavy atom. The fourth-order valence-electron chi connectivity index (χ4n) is 4.30. The minimum atomic E-state index is -3.44. The Kier molecular flexibility index (Phi) is 6.71. The molecular formula is C24H31N3O4S. The van der Waals surface area contributed by atoms with Crippen LogP contribution in [0.2, 0.25) is 0 Å². The van der Waals surface area contributed by atoms with Gasteiger partial charge in [-0.1, -0.05) is 12.1 Å². The third-order valence-electron chi connectivity index (χ3n) is 6.44. The third-order valence-corrected chi connectivity index (χ3v) is 8.35. The van der Waals surface area contributed by atoms with Gasteiger partial charge in [-0.2, -0.15) is 4.31 Å². The molecule has 1 amide bonds. The topological polar surface area (TPSA) is 70.2 Å². The van der Waals surface area contributed by atoms with Crippen LogP contribution in [0.15, 0.2) is 47.4 Å². The highest BCUT2D eigenvalue weighted by Crippen LogP contribution is 2.25. The van der Waals surface area contributed by atoms with Crippen molar-refractivity contribution >= 4 is 21.6 Å². The Morgan fingerprint density at radius 1 is 0.906 bits per heavy atom. The molecule has 2 aliphatic heterocycles. The summed E-state index contributed by atoms with van der Waals surface area (Å²) in [7, 11) is -3.44. The highest BCUT2D eigenvalue weighted by atomic mass is 32.2. The molecule has 2 heterocycles. The van der Waals surface area contributed by atoms with E-state index in [9.17, 15) is 13.2 Å². The fraction of sp³-hybridized carbons (Fsp3) is 0.458. The molecule has 4 rings (SSSR count). The number of carbonyl (C=O) groups excluding carboxylic acids is 1. The molecule has 0 aromatic heterocycles. The average molecular weight is 458 g/mol. The van der Waals surface area contributed by atoms with Crippen molar-refractivity contribution in [3.8, 4) is 5.75 Å². The van der Waals surface area contributed by atoms with Gasteiger partial charge in [0, 0.05) is 45.0 Å². The standard InChI is InChI=1S/C24H31N3O4S/c1-19-6-5-7-23(20(19)2)25-14-16-26(17-15-25)24(28)18-31-21-8-10-22(11-9-21)32(29,30)27-12-3-4-13-27/h5-11H,3-4,12-18H2,1-2H3. The zero-order valence-electron chi connectivity index (χ0n) is 18.8. The minimum absolute atomic E-state index is 0.0539. The van der Waals surface area contributed by atoms with Crippen molar-refractivity contribution in [2.45, 2.75) is 31.6 Å². The van der Waals surface area contributed by atoms with Gasteiger partial charge < -0.3 is 14.5 Å². The van der Waals surface area contributed by atoms with Gasteiger partial charge >= 0.3 is 0 Å². The number of nitrogens with zero attached hydrogens (tertiary/aromatic N) is 3. The van der Waals surface area contributed by atoms with Crippen molar-refractivity contribution < 1.29 is 17.9 Å². The van der Waals surface area contributed by atoms with Gasteiger partial charge in [0.2, 0.25) is 10.0 Å². The van der Waals surface area contributed by atoms with Crippen LogP contribution in [-0.2, 0) is 14.8 Å². The summed E-state index contributed by atoms with van der Waals surface area (Å²) in [6.07, 6.45) is 1.81. The van der Waals surface area contributed by atoms with E-state index in [0.29, 0.717) is 31.9 Å². The number of aryl methyl sites for hydroxylation is 1. The van der Waals surface area contributed by atoms with Gasteiger partial charge in [0.05, 0.1) is 4.90 Å². The van der Waals surface area contributed by atoms with E-state index in [2.05, 4.69) is 36.9 Å². The lowest BCUT2D eigenvalue weighted by Gasteiger charge is -2.37. The molecule has 0 atom stereocenters. The van der Waals surface area contributed by atoms with E-state index in [-0.39, 0.29) is 17.4 Å². The lowest BCUT2D eigenvalue weighted by molar-refractivity contribution is -0.133. The highest BCUT2D eigenvalue weighted by molar-refractivity contribution is 7.89. The SMILES string of the molecule is Cc1cccc(N2CCN(C(=O)COc3ccc(S(=O)(=O)N4CCCC4)cc3)CC2)c1C. The first-order valence-electron chi connectivity index (χ1n) is 11.2. The molecule has 172 valence electrons. The Balaban J connectivity index is 1.28. The summed E-state index contributed by atoms with van der Waals surface area (Å²) >= 11 is 0. The van der Waals surface area contributed by atoms with Crippen LogP contribution >= 0.6 is 0 Å². The maximum Gasteiger partial charge on any atom is 0.260 e. The molecule has 2 aromatic rings. The smallest absolute Gasteiger partial charge is 0.260 e. The third kappa shape index (κ3) is 4.76. The number of rotatable bonds is 6. The number of benzene rings is 2. The molecule has 0 bridgehead atoms. The minimum Gasteiger partial charge on any atom is -0.484 e. The van der Waals surface area contributed by atoms with Crippen LogP contribution in [0.1, 0.15) is 24.0 Å². The van der Waals surface area contributed by atoms with Crippen molar-refractivity contribution in [1.29, 1.82) is 0 Å². The first-order chi connectivity index (χ1) is 15.4. The fourth-order valence-corrected chi connectivity index (χ4v) is 5.81. The molecule has 0 unspecified atom stereocenters. The number of amides is 1. The second kappa shape index (κ2) is 9.50. The normalized spacial score (nSPS) is 17.6. The zero-order chi connectivity index (χ0) is 22.7. The van der Waals surface area contributed by atoms with Crippen LogP contribution in [0.3, 0.4) is 0 Å². The molecule has 32 heavy (non-hydrogen) atoms. The monoisotopic (exact) mass is 457 g/mol. The molecule has 7 nitrogen and oxygen atoms in total. The van der Waals surface area contributed by atoms with Gasteiger partial charge in [-0.3, -0.25) is 4.79 Å². The number of ether oxygens (including phenoxy) is 1. The summed E-state index contributed by atoms with van der Waals surface area (Å²) in [5, 5.41) is 0. The molecule has 8 heteroatoms. The predicted molar refractivity (Wildman–Crippen MR) is 125 cm³/mol. The van der Waals surface area contributed by atoms with E-state index in [1.54, 1.807) is 24.3 Å². The summed E-state index contributed by atoms with van der Waals surface area (Å²) in [6, 6.07) is 12.7. The summed E-state index contributed by atoms with van der Waals surface area (Å²) < 4.78 is 32.4. The molecular weight excluding hydrogens is 426 g/mol. The van der Waals surface area contributed by atoms with Crippen LogP contribution < -0.4 is 9.64 Å². The van der Waals surface area contributed by atoms with Gasteiger partial charge in [0.15, 0.2) is 6.61 Å². The summed E-state index contributed by atoms with van der Waals surface area (Å²) in [5.74, 6) is 0.437. The largest absolute Gasteiger partial charge is 0.484 e. The van der Waals surface area contributed by atoms with Crippen LogP contribution in [0, 0.1) is 13.8 Å². The van der Waals surface area contributed by atoms with E-state index < -0.39 is 10.0 Å². The first-order valence-corrected chi connectivity index (χ1v) is 12.6. The quantitative estimate of drug-likeness (QED) is 0.667. The molecule has 2 saturated heterocycles. The van der Waals surface area contributed by atoms with Gasteiger partial charge in [-0.25, -0.2) is 8.42 Å². The molecule has 2 aromatic carbocycles. The summed E-state index contributed by atoms with van der Waals surface area (Å²) in [5.41, 5.74) is 3.79. The van der Waals surface area contributed by atoms with E-state index in [1.807, 2.05) is 4.90 Å². The Hall–Kier alpha value is -2.58. The van der Waals surface area contributed by atoms with Crippen LogP contribution in [-0.4, -0.2) is 69.4 Å². The Labute approximate surface area is 190 Å². The average Bonchev–Trinajstić information content (AvgIpc) is 3.36. The number of sulfonamides is 1. The van der Waals surface area contributed by atoms with Gasteiger partial charge in [0.1, 0.15) is 5.75 Å².